The van der Waals surface area contributed by atoms with Crippen molar-refractivity contribution in [2.45, 2.75) is 77.8 Å². The average Bonchev–Trinajstić information content (AvgIpc) is 2.91. The largest absolute Gasteiger partial charge is 0.508 e. The van der Waals surface area contributed by atoms with Gasteiger partial charge in [0.15, 0.2) is 0 Å². The van der Waals surface area contributed by atoms with Crippen molar-refractivity contribution < 1.29 is 30.6 Å². The summed E-state index contributed by atoms with van der Waals surface area (Å²) in [5.41, 5.74) is 2.22. The molecule has 2 rings (SSSR count). The first kappa shape index (κ1) is 31.0. The molecule has 0 radical (unpaired) electrons. The second-order valence-corrected chi connectivity index (χ2v) is 10.0. The van der Waals surface area contributed by atoms with Crippen molar-refractivity contribution in [1.82, 2.24) is 10.6 Å². The Kier molecular flexibility index (Phi) is 13.3. The summed E-state index contributed by atoms with van der Waals surface area (Å²) >= 11 is 0. The van der Waals surface area contributed by atoms with Crippen LogP contribution in [0.15, 0.2) is 36.4 Å². The zero-order chi connectivity index (χ0) is 27.3. The zero-order valence-electron chi connectivity index (χ0n) is 22.3. The lowest BCUT2D eigenvalue weighted by atomic mass is 9.76. The SMILES string of the molecule is CCCCC(CC)(CCCNCC(O)c1ccc(O)c(CO)c1)CNCC(O)c1ccc(O)c(CO)c1. The maximum atomic E-state index is 10.6. The summed E-state index contributed by atoms with van der Waals surface area (Å²) in [6, 6.07) is 9.58. The standard InChI is InChI=1S/C29H46N2O6/c1-3-5-11-29(4-2,20-31-17-28(37)22-8-10-26(35)24(15-22)19-33)12-6-13-30-16-27(36)21-7-9-25(34)23(14-21)18-32/h7-10,14-15,27-28,30-37H,3-6,11-13,16-20H2,1-2H3. The topological polar surface area (TPSA) is 145 Å². The third-order valence-electron chi connectivity index (χ3n) is 7.36. The van der Waals surface area contributed by atoms with E-state index < -0.39 is 12.2 Å². The van der Waals surface area contributed by atoms with Gasteiger partial charge in [-0.05, 0) is 73.0 Å². The Morgan fingerprint density at radius 1 is 0.757 bits per heavy atom. The van der Waals surface area contributed by atoms with E-state index in [1.165, 1.54) is 12.1 Å². The Morgan fingerprint density at radius 2 is 1.27 bits per heavy atom. The van der Waals surface area contributed by atoms with Gasteiger partial charge in [-0.2, -0.15) is 0 Å². The van der Waals surface area contributed by atoms with Crippen molar-refractivity contribution in [3.05, 3.63) is 58.7 Å². The maximum Gasteiger partial charge on any atom is 0.121 e. The van der Waals surface area contributed by atoms with Crippen LogP contribution in [0, 0.1) is 5.41 Å². The predicted octanol–water partition coefficient (Wildman–Crippen LogP) is 3.40. The fourth-order valence-corrected chi connectivity index (χ4v) is 4.75. The lowest BCUT2D eigenvalue weighted by Gasteiger charge is -2.34. The van der Waals surface area contributed by atoms with Gasteiger partial charge in [-0.25, -0.2) is 0 Å². The molecule has 0 amide bonds. The summed E-state index contributed by atoms with van der Waals surface area (Å²) in [4.78, 5) is 0. The molecule has 0 aliphatic rings. The van der Waals surface area contributed by atoms with E-state index in [0.717, 1.165) is 51.6 Å². The van der Waals surface area contributed by atoms with Gasteiger partial charge < -0.3 is 41.3 Å². The quantitative estimate of drug-likeness (QED) is 0.140. The molecule has 0 heterocycles. The highest BCUT2D eigenvalue weighted by molar-refractivity contribution is 5.37. The molecular formula is C29H46N2O6. The van der Waals surface area contributed by atoms with Crippen LogP contribution in [0.4, 0.5) is 0 Å². The number of aliphatic hydroxyl groups is 4. The van der Waals surface area contributed by atoms with Gasteiger partial charge in [0.2, 0.25) is 0 Å². The molecule has 8 heteroatoms. The molecule has 0 saturated carbocycles. The number of unbranched alkanes of at least 4 members (excludes halogenated alkanes) is 1. The predicted molar refractivity (Wildman–Crippen MR) is 145 cm³/mol. The molecule has 208 valence electrons. The van der Waals surface area contributed by atoms with Crippen LogP contribution in [0.5, 0.6) is 11.5 Å². The molecule has 8 N–H and O–H groups in total. The molecule has 0 saturated heterocycles. The first-order chi connectivity index (χ1) is 17.8. The van der Waals surface area contributed by atoms with Gasteiger partial charge in [0.1, 0.15) is 11.5 Å². The van der Waals surface area contributed by atoms with Crippen LogP contribution in [0.2, 0.25) is 0 Å². The van der Waals surface area contributed by atoms with Crippen LogP contribution in [-0.2, 0) is 13.2 Å². The van der Waals surface area contributed by atoms with Gasteiger partial charge in [0.05, 0.1) is 25.4 Å². The number of hydrogen-bond donors (Lipinski definition) is 8. The number of rotatable bonds is 18. The van der Waals surface area contributed by atoms with Crippen molar-refractivity contribution in [2.24, 2.45) is 5.41 Å². The molecule has 2 aromatic carbocycles. The molecule has 37 heavy (non-hydrogen) atoms. The normalized spacial score (nSPS) is 14.9. The zero-order valence-corrected chi connectivity index (χ0v) is 22.3. The molecule has 2 aromatic rings. The Balaban J connectivity index is 1.85. The van der Waals surface area contributed by atoms with Crippen LogP contribution in [0.25, 0.3) is 0 Å². The molecule has 0 aromatic heterocycles. The van der Waals surface area contributed by atoms with Crippen LogP contribution in [0.3, 0.4) is 0 Å². The fourth-order valence-electron chi connectivity index (χ4n) is 4.75. The number of hydrogen-bond acceptors (Lipinski definition) is 8. The Bertz CT molecular complexity index is 941. The minimum absolute atomic E-state index is 0.0218. The van der Waals surface area contributed by atoms with Crippen LogP contribution >= 0.6 is 0 Å². The summed E-state index contributed by atoms with van der Waals surface area (Å²) in [7, 11) is 0. The van der Waals surface area contributed by atoms with E-state index in [9.17, 15) is 30.6 Å². The lowest BCUT2D eigenvalue weighted by molar-refractivity contribution is 0.152. The molecule has 3 unspecified atom stereocenters. The number of aliphatic hydroxyl groups excluding tert-OH is 4. The highest BCUT2D eigenvalue weighted by Gasteiger charge is 2.27. The Hall–Kier alpha value is -2.20. The van der Waals surface area contributed by atoms with Crippen molar-refractivity contribution in [2.75, 3.05) is 26.2 Å². The summed E-state index contributed by atoms with van der Waals surface area (Å²) in [5, 5.41) is 66.0. The van der Waals surface area contributed by atoms with E-state index in [2.05, 4.69) is 24.5 Å². The number of phenols is 2. The van der Waals surface area contributed by atoms with E-state index >= 15 is 0 Å². The van der Waals surface area contributed by atoms with Gasteiger partial charge in [-0.3, -0.25) is 0 Å². The van der Waals surface area contributed by atoms with Gasteiger partial charge in [0.25, 0.3) is 0 Å². The van der Waals surface area contributed by atoms with Gasteiger partial charge in [-0.15, -0.1) is 0 Å². The Morgan fingerprint density at radius 3 is 1.76 bits per heavy atom. The van der Waals surface area contributed by atoms with Gasteiger partial charge in [0, 0.05) is 30.8 Å². The minimum atomic E-state index is -0.735. The average molecular weight is 519 g/mol. The number of nitrogens with one attached hydrogen (secondary N) is 2. The fraction of sp³-hybridized carbons (Fsp3) is 0.586. The van der Waals surface area contributed by atoms with E-state index in [-0.39, 0.29) is 30.1 Å². The third kappa shape index (κ3) is 9.56. The van der Waals surface area contributed by atoms with Crippen molar-refractivity contribution in [3.8, 4) is 11.5 Å². The molecule has 0 spiro atoms. The van der Waals surface area contributed by atoms with Crippen molar-refractivity contribution in [1.29, 1.82) is 0 Å². The highest BCUT2D eigenvalue weighted by Crippen LogP contribution is 2.34. The van der Waals surface area contributed by atoms with E-state index in [4.69, 9.17) is 0 Å². The number of aromatic hydroxyl groups is 2. The van der Waals surface area contributed by atoms with Gasteiger partial charge >= 0.3 is 0 Å². The molecule has 0 bridgehead atoms. The Labute approximate surface area is 221 Å². The second-order valence-electron chi connectivity index (χ2n) is 10.0. The van der Waals surface area contributed by atoms with Gasteiger partial charge in [-0.1, -0.05) is 38.8 Å². The summed E-state index contributed by atoms with van der Waals surface area (Å²) in [5.74, 6) is 0.0450. The molecule has 3 atom stereocenters. The maximum absolute atomic E-state index is 10.6. The minimum Gasteiger partial charge on any atom is -0.508 e. The van der Waals surface area contributed by atoms with Crippen molar-refractivity contribution in [3.63, 3.8) is 0 Å². The summed E-state index contributed by atoms with van der Waals surface area (Å²) in [6.07, 6.45) is 4.87. The third-order valence-corrected chi connectivity index (χ3v) is 7.36. The molecule has 0 aliphatic heterocycles. The smallest absolute Gasteiger partial charge is 0.121 e. The highest BCUT2D eigenvalue weighted by atomic mass is 16.3. The molecule has 0 aliphatic carbocycles. The monoisotopic (exact) mass is 518 g/mol. The first-order valence-electron chi connectivity index (χ1n) is 13.4. The summed E-state index contributed by atoms with van der Waals surface area (Å²) in [6.45, 7) is 6.16. The number of benzene rings is 2. The molecule has 8 nitrogen and oxygen atoms in total. The first-order valence-corrected chi connectivity index (χ1v) is 13.4. The van der Waals surface area contributed by atoms with E-state index in [1.54, 1.807) is 24.3 Å². The van der Waals surface area contributed by atoms with E-state index in [0.29, 0.717) is 35.3 Å². The second kappa shape index (κ2) is 15.9. The summed E-state index contributed by atoms with van der Waals surface area (Å²) < 4.78 is 0. The molecule has 0 fully saturated rings. The van der Waals surface area contributed by atoms with Crippen LogP contribution in [-0.4, -0.2) is 56.8 Å². The van der Waals surface area contributed by atoms with Crippen LogP contribution in [0.1, 0.15) is 86.8 Å². The molecular weight excluding hydrogens is 472 g/mol. The van der Waals surface area contributed by atoms with E-state index in [1.807, 2.05) is 0 Å². The van der Waals surface area contributed by atoms with Crippen molar-refractivity contribution >= 4 is 0 Å². The van der Waals surface area contributed by atoms with Crippen LogP contribution < -0.4 is 10.6 Å². The lowest BCUT2D eigenvalue weighted by Crippen LogP contribution is -2.37.